The van der Waals surface area contributed by atoms with Gasteiger partial charge in [-0.05, 0) is 20.3 Å². The molecule has 1 aromatic heterocycles. The van der Waals surface area contributed by atoms with Gasteiger partial charge in [-0.15, -0.1) is 0 Å². The molecule has 0 bridgehead atoms. The zero-order chi connectivity index (χ0) is 17.0. The Bertz CT molecular complexity index is 556. The summed E-state index contributed by atoms with van der Waals surface area (Å²) >= 11 is 0. The minimum Gasteiger partial charge on any atom is -0.382 e. The normalized spacial score (nSPS) is 20.1. The van der Waals surface area contributed by atoms with E-state index in [9.17, 15) is 13.2 Å². The SMILES string of the molecule is CCNC(=NCC(O)C(F)(F)F)NC1CCc2nc(C)nn2C1. The number of hydrogen-bond acceptors (Lipinski definition) is 4. The van der Waals surface area contributed by atoms with E-state index < -0.39 is 18.8 Å². The second kappa shape index (κ2) is 7.16. The van der Waals surface area contributed by atoms with Crippen LogP contribution in [0, 0.1) is 6.92 Å². The third-order valence-electron chi connectivity index (χ3n) is 3.45. The number of guanidine groups is 1. The molecule has 2 atom stereocenters. The van der Waals surface area contributed by atoms with Crippen LogP contribution >= 0.6 is 0 Å². The van der Waals surface area contributed by atoms with Gasteiger partial charge in [-0.1, -0.05) is 0 Å². The average molecular weight is 334 g/mol. The van der Waals surface area contributed by atoms with Crippen LogP contribution in [0.15, 0.2) is 4.99 Å². The molecule has 0 spiro atoms. The Labute approximate surface area is 132 Å². The van der Waals surface area contributed by atoms with Crippen LogP contribution in [0.1, 0.15) is 25.0 Å². The monoisotopic (exact) mass is 334 g/mol. The van der Waals surface area contributed by atoms with Gasteiger partial charge >= 0.3 is 6.18 Å². The van der Waals surface area contributed by atoms with Crippen molar-refractivity contribution in [2.45, 2.75) is 51.6 Å². The number of rotatable bonds is 4. The van der Waals surface area contributed by atoms with E-state index in [0.29, 0.717) is 18.9 Å². The van der Waals surface area contributed by atoms with Crippen LogP contribution in [-0.4, -0.2) is 57.2 Å². The van der Waals surface area contributed by atoms with E-state index >= 15 is 0 Å². The molecule has 2 rings (SSSR count). The number of halogens is 3. The summed E-state index contributed by atoms with van der Waals surface area (Å²) in [6.07, 6.45) is -5.61. The molecule has 10 heteroatoms. The third-order valence-corrected chi connectivity index (χ3v) is 3.45. The molecule has 0 saturated carbocycles. The second-order valence-corrected chi connectivity index (χ2v) is 5.41. The molecule has 0 saturated heterocycles. The van der Waals surface area contributed by atoms with Crippen molar-refractivity contribution in [1.82, 2.24) is 25.4 Å². The predicted molar refractivity (Wildman–Crippen MR) is 78.0 cm³/mol. The molecular formula is C13H21F3N6O. The summed E-state index contributed by atoms with van der Waals surface area (Å²) in [6.45, 7) is 3.98. The number of aliphatic hydroxyl groups is 1. The molecule has 0 aromatic carbocycles. The molecule has 1 aliphatic rings. The van der Waals surface area contributed by atoms with Gasteiger partial charge in [-0.3, -0.25) is 4.99 Å². The number of fused-ring (bicyclic) bond motifs is 1. The summed E-state index contributed by atoms with van der Waals surface area (Å²) < 4.78 is 38.8. The van der Waals surface area contributed by atoms with Crippen LogP contribution in [0.3, 0.4) is 0 Å². The van der Waals surface area contributed by atoms with Gasteiger partial charge in [-0.2, -0.15) is 18.3 Å². The molecule has 130 valence electrons. The summed E-state index contributed by atoms with van der Waals surface area (Å²) in [7, 11) is 0. The minimum atomic E-state index is -4.67. The summed E-state index contributed by atoms with van der Waals surface area (Å²) in [4.78, 5) is 8.12. The second-order valence-electron chi connectivity index (χ2n) is 5.41. The quantitative estimate of drug-likeness (QED) is 0.547. The summed E-state index contributed by atoms with van der Waals surface area (Å²) in [5.41, 5.74) is 0. The maximum Gasteiger partial charge on any atom is 0.416 e. The van der Waals surface area contributed by atoms with Gasteiger partial charge in [0, 0.05) is 19.0 Å². The fourth-order valence-corrected chi connectivity index (χ4v) is 2.35. The number of alkyl halides is 3. The van der Waals surface area contributed by atoms with Crippen molar-refractivity contribution >= 4 is 5.96 Å². The first kappa shape index (κ1) is 17.5. The van der Waals surface area contributed by atoms with Crippen LogP contribution in [-0.2, 0) is 13.0 Å². The number of nitrogens with one attached hydrogen (secondary N) is 2. The Balaban J connectivity index is 1.97. The highest BCUT2D eigenvalue weighted by Gasteiger charge is 2.38. The van der Waals surface area contributed by atoms with Gasteiger partial charge in [0.15, 0.2) is 12.1 Å². The van der Waals surface area contributed by atoms with E-state index in [4.69, 9.17) is 5.11 Å². The lowest BCUT2D eigenvalue weighted by atomic mass is 10.1. The Morgan fingerprint density at radius 1 is 1.52 bits per heavy atom. The summed E-state index contributed by atoms with van der Waals surface area (Å²) in [6, 6.07) is -0.00979. The molecule has 0 radical (unpaired) electrons. The summed E-state index contributed by atoms with van der Waals surface area (Å²) in [5, 5.41) is 19.3. The lowest BCUT2D eigenvalue weighted by Gasteiger charge is -2.25. The largest absolute Gasteiger partial charge is 0.416 e. The van der Waals surface area contributed by atoms with Crippen LogP contribution in [0.5, 0.6) is 0 Å². The van der Waals surface area contributed by atoms with Gasteiger partial charge in [0.1, 0.15) is 11.6 Å². The van der Waals surface area contributed by atoms with Crippen LogP contribution in [0.25, 0.3) is 0 Å². The van der Waals surface area contributed by atoms with Crippen molar-refractivity contribution in [2.75, 3.05) is 13.1 Å². The number of hydrogen-bond donors (Lipinski definition) is 3. The van der Waals surface area contributed by atoms with E-state index in [1.807, 2.05) is 13.8 Å². The fourth-order valence-electron chi connectivity index (χ4n) is 2.35. The highest BCUT2D eigenvalue weighted by Crippen LogP contribution is 2.20. The third kappa shape index (κ3) is 4.81. The number of aliphatic imine (C=N–C) groups is 1. The first-order valence-electron chi connectivity index (χ1n) is 7.49. The molecule has 23 heavy (non-hydrogen) atoms. The molecule has 0 aliphatic carbocycles. The average Bonchev–Trinajstić information content (AvgIpc) is 2.83. The zero-order valence-electron chi connectivity index (χ0n) is 13.1. The van der Waals surface area contributed by atoms with E-state index in [-0.39, 0.29) is 12.0 Å². The highest BCUT2D eigenvalue weighted by atomic mass is 19.4. The van der Waals surface area contributed by atoms with E-state index in [1.165, 1.54) is 0 Å². The van der Waals surface area contributed by atoms with Crippen LogP contribution in [0.4, 0.5) is 13.2 Å². The maximum absolute atomic E-state index is 12.3. The van der Waals surface area contributed by atoms with Crippen molar-refractivity contribution in [3.05, 3.63) is 11.6 Å². The van der Waals surface area contributed by atoms with E-state index in [1.54, 1.807) is 4.68 Å². The van der Waals surface area contributed by atoms with E-state index in [0.717, 1.165) is 18.7 Å². The number of aryl methyl sites for hydroxylation is 2. The summed E-state index contributed by atoms with van der Waals surface area (Å²) in [5.74, 6) is 1.87. The Morgan fingerprint density at radius 2 is 2.26 bits per heavy atom. The number of aromatic nitrogens is 3. The zero-order valence-corrected chi connectivity index (χ0v) is 13.1. The molecular weight excluding hydrogens is 313 g/mol. The first-order chi connectivity index (χ1) is 10.8. The molecule has 3 N–H and O–H groups in total. The molecule has 2 unspecified atom stereocenters. The minimum absolute atomic E-state index is 0.00979. The first-order valence-corrected chi connectivity index (χ1v) is 7.49. The van der Waals surface area contributed by atoms with Gasteiger partial charge < -0.3 is 15.7 Å². The van der Waals surface area contributed by atoms with Crippen LogP contribution in [0.2, 0.25) is 0 Å². The lowest BCUT2D eigenvalue weighted by molar-refractivity contribution is -0.199. The molecule has 1 aromatic rings. The molecule has 1 aliphatic heterocycles. The van der Waals surface area contributed by atoms with Gasteiger partial charge in [-0.25, -0.2) is 9.67 Å². The van der Waals surface area contributed by atoms with Crippen LogP contribution < -0.4 is 10.6 Å². The molecule has 2 heterocycles. The molecule has 0 amide bonds. The number of aliphatic hydroxyl groups excluding tert-OH is 1. The standard InChI is InChI=1S/C13H21F3N6O/c1-3-17-12(18-6-10(23)13(14,15)16)20-9-4-5-11-19-8(2)21-22(11)7-9/h9-10,23H,3-7H2,1-2H3,(H2,17,18,20). The van der Waals surface area contributed by atoms with Crippen molar-refractivity contribution in [3.8, 4) is 0 Å². The predicted octanol–water partition coefficient (Wildman–Crippen LogP) is 0.380. The van der Waals surface area contributed by atoms with Crippen molar-refractivity contribution in [1.29, 1.82) is 0 Å². The van der Waals surface area contributed by atoms with Gasteiger partial charge in [0.05, 0.1) is 13.1 Å². The lowest BCUT2D eigenvalue weighted by Crippen LogP contribution is -2.47. The van der Waals surface area contributed by atoms with Gasteiger partial charge in [0.25, 0.3) is 0 Å². The van der Waals surface area contributed by atoms with Crippen molar-refractivity contribution < 1.29 is 18.3 Å². The Kier molecular flexibility index (Phi) is 5.45. The maximum atomic E-state index is 12.3. The van der Waals surface area contributed by atoms with Crippen molar-refractivity contribution in [3.63, 3.8) is 0 Å². The Hall–Kier alpha value is -1.84. The molecule has 0 fully saturated rings. The van der Waals surface area contributed by atoms with E-state index in [2.05, 4.69) is 25.7 Å². The van der Waals surface area contributed by atoms with Crippen molar-refractivity contribution in [2.24, 2.45) is 4.99 Å². The molecule has 7 nitrogen and oxygen atoms in total. The fraction of sp³-hybridized carbons (Fsp3) is 0.769. The highest BCUT2D eigenvalue weighted by molar-refractivity contribution is 5.80. The number of nitrogens with zero attached hydrogens (tertiary/aromatic N) is 4. The topological polar surface area (TPSA) is 87.4 Å². The smallest absolute Gasteiger partial charge is 0.382 e. The Morgan fingerprint density at radius 3 is 2.91 bits per heavy atom. The van der Waals surface area contributed by atoms with Gasteiger partial charge in [0.2, 0.25) is 0 Å².